The second kappa shape index (κ2) is 7.35. The first kappa shape index (κ1) is 16.4. The third-order valence-corrected chi connectivity index (χ3v) is 4.18. The SMILES string of the molecule is Cc1nc([N+](=O)[O-])cn1CCC(=O)NCC(O)C1CCCC1. The van der Waals surface area contributed by atoms with Crippen molar-refractivity contribution < 1.29 is 14.8 Å². The minimum atomic E-state index is -0.554. The van der Waals surface area contributed by atoms with E-state index in [0.717, 1.165) is 25.7 Å². The van der Waals surface area contributed by atoms with Gasteiger partial charge in [0.15, 0.2) is 0 Å². The molecule has 1 aromatic heterocycles. The van der Waals surface area contributed by atoms with E-state index >= 15 is 0 Å². The normalized spacial score (nSPS) is 16.6. The lowest BCUT2D eigenvalue weighted by Crippen LogP contribution is -2.35. The van der Waals surface area contributed by atoms with Crippen molar-refractivity contribution in [3.05, 3.63) is 22.1 Å². The molecule has 0 saturated heterocycles. The summed E-state index contributed by atoms with van der Waals surface area (Å²) in [6.45, 7) is 2.26. The Kier molecular flexibility index (Phi) is 5.48. The highest BCUT2D eigenvalue weighted by Crippen LogP contribution is 2.27. The van der Waals surface area contributed by atoms with Crippen molar-refractivity contribution in [2.45, 2.75) is 51.7 Å². The highest BCUT2D eigenvalue weighted by atomic mass is 16.6. The van der Waals surface area contributed by atoms with Gasteiger partial charge in [0.25, 0.3) is 0 Å². The monoisotopic (exact) mass is 310 g/mol. The summed E-state index contributed by atoms with van der Waals surface area (Å²) in [5.41, 5.74) is 0. The molecule has 0 radical (unpaired) electrons. The predicted octanol–water partition coefficient (Wildman–Crippen LogP) is 1.16. The molecular weight excluding hydrogens is 288 g/mol. The molecule has 1 fully saturated rings. The van der Waals surface area contributed by atoms with Crippen molar-refractivity contribution in [3.8, 4) is 0 Å². The summed E-state index contributed by atoms with van der Waals surface area (Å²) in [6, 6.07) is 0. The number of imidazole rings is 1. The van der Waals surface area contributed by atoms with E-state index in [1.54, 1.807) is 11.5 Å². The summed E-state index contributed by atoms with van der Waals surface area (Å²) in [7, 11) is 0. The quantitative estimate of drug-likeness (QED) is 0.580. The minimum absolute atomic E-state index is 0.173. The van der Waals surface area contributed by atoms with Crippen molar-refractivity contribution in [3.63, 3.8) is 0 Å². The molecule has 0 aliphatic heterocycles. The number of amides is 1. The number of hydrogen-bond donors (Lipinski definition) is 2. The maximum Gasteiger partial charge on any atom is 0.381 e. The number of hydrogen-bond acceptors (Lipinski definition) is 5. The minimum Gasteiger partial charge on any atom is -0.391 e. The molecular formula is C14H22N4O4. The van der Waals surface area contributed by atoms with E-state index in [0.29, 0.717) is 18.3 Å². The molecule has 2 rings (SSSR count). The average molecular weight is 310 g/mol. The maximum atomic E-state index is 11.8. The lowest BCUT2D eigenvalue weighted by atomic mass is 10.0. The molecule has 1 unspecified atom stereocenters. The van der Waals surface area contributed by atoms with Crippen LogP contribution in [0.25, 0.3) is 0 Å². The number of carbonyl (C=O) groups excluding carboxylic acids is 1. The summed E-state index contributed by atoms with van der Waals surface area (Å²) in [5, 5.41) is 23.3. The smallest absolute Gasteiger partial charge is 0.381 e. The summed E-state index contributed by atoms with van der Waals surface area (Å²) < 4.78 is 1.59. The van der Waals surface area contributed by atoms with Crippen LogP contribution in [0.4, 0.5) is 5.82 Å². The molecule has 1 amide bonds. The van der Waals surface area contributed by atoms with E-state index in [9.17, 15) is 20.0 Å². The fourth-order valence-corrected chi connectivity index (χ4v) is 2.84. The van der Waals surface area contributed by atoms with Gasteiger partial charge in [-0.25, -0.2) is 0 Å². The van der Waals surface area contributed by atoms with E-state index < -0.39 is 11.0 Å². The van der Waals surface area contributed by atoms with Crippen LogP contribution in [0.3, 0.4) is 0 Å². The Morgan fingerprint density at radius 1 is 1.59 bits per heavy atom. The molecule has 1 aliphatic carbocycles. The Morgan fingerprint density at radius 2 is 2.27 bits per heavy atom. The third kappa shape index (κ3) is 4.27. The van der Waals surface area contributed by atoms with Gasteiger partial charge in [-0.05, 0) is 28.7 Å². The van der Waals surface area contributed by atoms with Crippen LogP contribution in [0.15, 0.2) is 6.20 Å². The molecule has 2 N–H and O–H groups in total. The number of rotatable bonds is 7. The number of carbonyl (C=O) groups is 1. The van der Waals surface area contributed by atoms with Crippen molar-refractivity contribution in [2.75, 3.05) is 6.54 Å². The largest absolute Gasteiger partial charge is 0.391 e. The van der Waals surface area contributed by atoms with Crippen LogP contribution in [-0.4, -0.2) is 38.1 Å². The number of aliphatic hydroxyl groups excluding tert-OH is 1. The van der Waals surface area contributed by atoms with E-state index in [4.69, 9.17) is 0 Å². The Labute approximate surface area is 128 Å². The molecule has 1 aliphatic rings. The van der Waals surface area contributed by atoms with E-state index in [2.05, 4.69) is 10.3 Å². The van der Waals surface area contributed by atoms with Gasteiger partial charge >= 0.3 is 5.82 Å². The molecule has 122 valence electrons. The number of aliphatic hydroxyl groups is 1. The number of aromatic nitrogens is 2. The summed E-state index contributed by atoms with van der Waals surface area (Å²) in [6.07, 6.45) is 5.39. The second-order valence-corrected chi connectivity index (χ2v) is 5.76. The average Bonchev–Trinajstić information content (AvgIpc) is 3.12. The zero-order valence-corrected chi connectivity index (χ0v) is 12.7. The van der Waals surface area contributed by atoms with Gasteiger partial charge in [-0.1, -0.05) is 12.8 Å². The summed E-state index contributed by atoms with van der Waals surface area (Å²) >= 11 is 0. The van der Waals surface area contributed by atoms with Crippen molar-refractivity contribution in [1.29, 1.82) is 0 Å². The fraction of sp³-hybridized carbons (Fsp3) is 0.714. The molecule has 0 spiro atoms. The van der Waals surface area contributed by atoms with Crippen molar-refractivity contribution in [2.24, 2.45) is 5.92 Å². The van der Waals surface area contributed by atoms with Gasteiger partial charge in [-0.3, -0.25) is 4.79 Å². The highest BCUT2D eigenvalue weighted by Gasteiger charge is 2.23. The van der Waals surface area contributed by atoms with Crippen LogP contribution in [-0.2, 0) is 11.3 Å². The van der Waals surface area contributed by atoms with Gasteiger partial charge in [-0.15, -0.1) is 0 Å². The van der Waals surface area contributed by atoms with Crippen LogP contribution in [0.5, 0.6) is 0 Å². The molecule has 0 bridgehead atoms. The topological polar surface area (TPSA) is 110 Å². The Morgan fingerprint density at radius 3 is 2.86 bits per heavy atom. The van der Waals surface area contributed by atoms with Gasteiger partial charge in [0.2, 0.25) is 11.7 Å². The van der Waals surface area contributed by atoms with E-state index in [1.807, 2.05) is 0 Å². The molecule has 1 saturated carbocycles. The summed E-state index contributed by atoms with van der Waals surface area (Å²) in [4.78, 5) is 25.7. The van der Waals surface area contributed by atoms with Gasteiger partial charge in [-0.2, -0.15) is 0 Å². The zero-order valence-electron chi connectivity index (χ0n) is 12.7. The van der Waals surface area contributed by atoms with Gasteiger partial charge < -0.3 is 25.1 Å². The molecule has 0 aromatic carbocycles. The Bertz CT molecular complexity index is 537. The third-order valence-electron chi connectivity index (χ3n) is 4.18. The lowest BCUT2D eigenvalue weighted by molar-refractivity contribution is -0.389. The van der Waals surface area contributed by atoms with Crippen LogP contribution in [0, 0.1) is 23.0 Å². The highest BCUT2D eigenvalue weighted by molar-refractivity contribution is 5.75. The van der Waals surface area contributed by atoms with Crippen LogP contribution < -0.4 is 5.32 Å². The maximum absolute atomic E-state index is 11.8. The molecule has 1 heterocycles. The number of aryl methyl sites for hydroxylation is 2. The number of nitro groups is 1. The Hall–Kier alpha value is -1.96. The van der Waals surface area contributed by atoms with Crippen LogP contribution in [0.2, 0.25) is 0 Å². The van der Waals surface area contributed by atoms with Gasteiger partial charge in [0, 0.05) is 26.4 Å². The fourth-order valence-electron chi connectivity index (χ4n) is 2.84. The van der Waals surface area contributed by atoms with E-state index in [-0.39, 0.29) is 24.7 Å². The van der Waals surface area contributed by atoms with Crippen LogP contribution >= 0.6 is 0 Å². The van der Waals surface area contributed by atoms with Crippen molar-refractivity contribution in [1.82, 2.24) is 14.9 Å². The number of nitrogens with zero attached hydrogens (tertiary/aromatic N) is 3. The standard InChI is InChI=1S/C14H22N4O4/c1-10-16-13(18(21)22)9-17(10)7-6-14(20)15-8-12(19)11-4-2-3-5-11/h9,11-12,19H,2-8H2,1H3,(H,15,20). The molecule has 8 nitrogen and oxygen atoms in total. The summed E-state index contributed by atoms with van der Waals surface area (Å²) in [5.74, 6) is 0.409. The first-order valence-electron chi connectivity index (χ1n) is 7.60. The van der Waals surface area contributed by atoms with E-state index in [1.165, 1.54) is 6.20 Å². The second-order valence-electron chi connectivity index (χ2n) is 5.76. The predicted molar refractivity (Wildman–Crippen MR) is 79.2 cm³/mol. The van der Waals surface area contributed by atoms with Gasteiger partial charge in [0.05, 0.1) is 6.10 Å². The van der Waals surface area contributed by atoms with Gasteiger partial charge in [0.1, 0.15) is 6.20 Å². The molecule has 8 heteroatoms. The van der Waals surface area contributed by atoms with Crippen LogP contribution in [0.1, 0.15) is 37.9 Å². The zero-order chi connectivity index (χ0) is 16.1. The van der Waals surface area contributed by atoms with Crippen molar-refractivity contribution >= 4 is 11.7 Å². The number of nitrogens with one attached hydrogen (secondary N) is 1. The molecule has 1 atom stereocenters. The Balaban J connectivity index is 1.74. The lowest BCUT2D eigenvalue weighted by Gasteiger charge is -2.18. The molecule has 22 heavy (non-hydrogen) atoms. The first-order valence-corrected chi connectivity index (χ1v) is 7.60. The first-order chi connectivity index (χ1) is 10.5. The molecule has 1 aromatic rings.